The Bertz CT molecular complexity index is 1250. The van der Waals surface area contributed by atoms with E-state index < -0.39 is 5.60 Å². The molecule has 9 heteroatoms. The molecule has 0 saturated carbocycles. The maximum atomic E-state index is 12.9. The third-order valence-electron chi connectivity index (χ3n) is 6.55. The molecule has 2 aromatic heterocycles. The van der Waals surface area contributed by atoms with E-state index in [1.807, 2.05) is 4.90 Å². The van der Waals surface area contributed by atoms with Gasteiger partial charge in [-0.05, 0) is 38.7 Å². The Morgan fingerprint density at radius 1 is 1.18 bits per heavy atom. The summed E-state index contributed by atoms with van der Waals surface area (Å²) < 4.78 is 1.56. The Hall–Kier alpha value is -3.33. The fourth-order valence-corrected chi connectivity index (χ4v) is 4.43. The van der Waals surface area contributed by atoms with Crippen LogP contribution in [0.5, 0.6) is 0 Å². The van der Waals surface area contributed by atoms with E-state index in [0.29, 0.717) is 67.6 Å². The van der Waals surface area contributed by atoms with Gasteiger partial charge in [0.2, 0.25) is 5.91 Å². The van der Waals surface area contributed by atoms with Crippen LogP contribution in [0, 0.1) is 5.92 Å². The third kappa shape index (κ3) is 5.09. The summed E-state index contributed by atoms with van der Waals surface area (Å²) in [7, 11) is 1.74. The highest BCUT2D eigenvalue weighted by molar-refractivity contribution is 5.98. The summed E-state index contributed by atoms with van der Waals surface area (Å²) in [6.07, 6.45) is 4.22. The highest BCUT2D eigenvalue weighted by Gasteiger charge is 2.28. The van der Waals surface area contributed by atoms with Gasteiger partial charge in [0.1, 0.15) is 11.2 Å². The lowest BCUT2D eigenvalue weighted by atomic mass is 9.87. The Balaban J connectivity index is 1.26. The molecule has 3 heterocycles. The zero-order chi connectivity index (χ0) is 24.5. The summed E-state index contributed by atoms with van der Waals surface area (Å²) in [5.74, 6) is 0.602. The lowest BCUT2D eigenvalue weighted by Gasteiger charge is -2.31. The largest absolute Gasteiger partial charge is 0.386 e. The highest BCUT2D eigenvalue weighted by atomic mass is 16.3. The number of carbonyl (C=O) groups excluding carboxylic acids is 2. The standard InChI is InChI=1S/C25H31N5O4/c1-25(2,34)18-9-7-16(8-10-18)22(32)17-11-13-30(14-12-17)21(31)6-4-5-20-27-23-19(24(33)28-20)15-26-29(23)3/h7-10,15,17,34H,4-6,11-14H2,1-3H3,(H,27,28,33). The minimum absolute atomic E-state index is 0.0596. The number of amides is 1. The second kappa shape index (κ2) is 9.50. The van der Waals surface area contributed by atoms with Gasteiger partial charge in [-0.2, -0.15) is 5.10 Å². The first kappa shape index (κ1) is 23.8. The van der Waals surface area contributed by atoms with Gasteiger partial charge in [0.15, 0.2) is 11.4 Å². The molecule has 0 unspecified atom stereocenters. The Morgan fingerprint density at radius 3 is 2.50 bits per heavy atom. The number of Topliss-reactive ketones (excluding diaryl/α,β-unsaturated/α-hetero) is 1. The number of carbonyl (C=O) groups is 2. The maximum Gasteiger partial charge on any atom is 0.262 e. The van der Waals surface area contributed by atoms with E-state index in [4.69, 9.17) is 0 Å². The van der Waals surface area contributed by atoms with Crippen molar-refractivity contribution in [2.24, 2.45) is 13.0 Å². The van der Waals surface area contributed by atoms with E-state index in [0.717, 1.165) is 5.56 Å². The minimum Gasteiger partial charge on any atom is -0.386 e. The second-order valence-electron chi connectivity index (χ2n) is 9.53. The average Bonchev–Trinajstić information content (AvgIpc) is 3.19. The van der Waals surface area contributed by atoms with E-state index >= 15 is 0 Å². The second-order valence-corrected chi connectivity index (χ2v) is 9.53. The molecule has 1 aliphatic heterocycles. The highest BCUT2D eigenvalue weighted by Crippen LogP contribution is 2.25. The van der Waals surface area contributed by atoms with Gasteiger partial charge in [0.25, 0.3) is 5.56 Å². The van der Waals surface area contributed by atoms with Crippen molar-refractivity contribution in [2.75, 3.05) is 13.1 Å². The van der Waals surface area contributed by atoms with Gasteiger partial charge in [0.05, 0.1) is 11.8 Å². The molecule has 1 amide bonds. The van der Waals surface area contributed by atoms with E-state index in [-0.39, 0.29) is 23.2 Å². The van der Waals surface area contributed by atoms with Crippen molar-refractivity contribution in [2.45, 2.75) is 51.6 Å². The van der Waals surface area contributed by atoms with Gasteiger partial charge < -0.3 is 15.0 Å². The molecule has 9 nitrogen and oxygen atoms in total. The topological polar surface area (TPSA) is 121 Å². The third-order valence-corrected chi connectivity index (χ3v) is 6.55. The van der Waals surface area contributed by atoms with Crippen LogP contribution in [0.1, 0.15) is 61.3 Å². The predicted octanol–water partition coefficient (Wildman–Crippen LogP) is 2.33. The number of nitrogens with zero attached hydrogens (tertiary/aromatic N) is 4. The Labute approximate surface area is 197 Å². The average molecular weight is 466 g/mol. The normalized spacial score (nSPS) is 15.1. The number of aromatic nitrogens is 4. The van der Waals surface area contributed by atoms with Gasteiger partial charge in [-0.15, -0.1) is 0 Å². The number of hydrogen-bond acceptors (Lipinski definition) is 6. The number of aromatic amines is 1. The number of aryl methyl sites for hydroxylation is 2. The van der Waals surface area contributed by atoms with Crippen LogP contribution in [0.15, 0.2) is 35.3 Å². The quantitative estimate of drug-likeness (QED) is 0.517. The van der Waals surface area contributed by atoms with E-state index in [1.165, 1.54) is 6.20 Å². The van der Waals surface area contributed by atoms with Crippen LogP contribution in [-0.2, 0) is 23.9 Å². The summed E-state index contributed by atoms with van der Waals surface area (Å²) in [4.78, 5) is 46.7. The molecule has 1 saturated heterocycles. The maximum absolute atomic E-state index is 12.9. The van der Waals surface area contributed by atoms with Gasteiger partial charge >= 0.3 is 0 Å². The van der Waals surface area contributed by atoms with Gasteiger partial charge in [0, 0.05) is 44.5 Å². The van der Waals surface area contributed by atoms with E-state index in [1.54, 1.807) is 49.8 Å². The first-order valence-corrected chi connectivity index (χ1v) is 11.7. The molecule has 0 radical (unpaired) electrons. The molecule has 3 aromatic rings. The lowest BCUT2D eigenvalue weighted by Crippen LogP contribution is -2.40. The van der Waals surface area contributed by atoms with Crippen molar-refractivity contribution in [3.8, 4) is 0 Å². The number of rotatable bonds is 7. The van der Waals surface area contributed by atoms with Crippen LogP contribution in [0.25, 0.3) is 11.0 Å². The molecule has 0 spiro atoms. The SMILES string of the molecule is Cn1ncc2c(=O)[nH]c(CCCC(=O)N3CCC(C(=O)c4ccc(C(C)(C)O)cc4)CC3)nc21. The van der Waals surface area contributed by atoms with Crippen LogP contribution in [0.2, 0.25) is 0 Å². The summed E-state index contributed by atoms with van der Waals surface area (Å²) in [5.41, 5.74) is 0.783. The molecular formula is C25H31N5O4. The Morgan fingerprint density at radius 2 is 1.85 bits per heavy atom. The monoisotopic (exact) mass is 465 g/mol. The molecule has 0 aliphatic carbocycles. The van der Waals surface area contributed by atoms with Crippen molar-refractivity contribution in [1.82, 2.24) is 24.6 Å². The summed E-state index contributed by atoms with van der Waals surface area (Å²) in [6.45, 7) is 4.55. The van der Waals surface area contributed by atoms with Gasteiger partial charge in [-0.25, -0.2) is 4.98 Å². The van der Waals surface area contributed by atoms with Crippen molar-refractivity contribution < 1.29 is 14.7 Å². The van der Waals surface area contributed by atoms with Crippen molar-refractivity contribution in [3.63, 3.8) is 0 Å². The van der Waals surface area contributed by atoms with Crippen LogP contribution >= 0.6 is 0 Å². The minimum atomic E-state index is -0.941. The van der Waals surface area contributed by atoms with Crippen LogP contribution in [-0.4, -0.2) is 54.5 Å². The van der Waals surface area contributed by atoms with Crippen molar-refractivity contribution >= 4 is 22.7 Å². The molecule has 1 aliphatic rings. The van der Waals surface area contributed by atoms with E-state index in [2.05, 4.69) is 15.1 Å². The number of ketones is 1. The molecule has 0 atom stereocenters. The molecule has 4 rings (SSSR count). The zero-order valence-corrected chi connectivity index (χ0v) is 19.9. The zero-order valence-electron chi connectivity index (χ0n) is 19.9. The molecular weight excluding hydrogens is 434 g/mol. The number of fused-ring (bicyclic) bond motifs is 1. The fraction of sp³-hybridized carbons (Fsp3) is 0.480. The van der Waals surface area contributed by atoms with Gasteiger partial charge in [-0.3, -0.25) is 19.1 Å². The summed E-state index contributed by atoms with van der Waals surface area (Å²) >= 11 is 0. The van der Waals surface area contributed by atoms with Crippen LogP contribution in [0.3, 0.4) is 0 Å². The fourth-order valence-electron chi connectivity index (χ4n) is 4.43. The van der Waals surface area contributed by atoms with Crippen molar-refractivity contribution in [3.05, 3.63) is 57.8 Å². The molecule has 180 valence electrons. The smallest absolute Gasteiger partial charge is 0.262 e. The van der Waals surface area contributed by atoms with Crippen LogP contribution in [0.4, 0.5) is 0 Å². The number of nitrogens with one attached hydrogen (secondary N) is 1. The molecule has 2 N–H and O–H groups in total. The number of aliphatic hydroxyl groups is 1. The number of hydrogen-bond donors (Lipinski definition) is 2. The number of H-pyrrole nitrogens is 1. The first-order valence-electron chi connectivity index (χ1n) is 11.7. The van der Waals surface area contributed by atoms with Gasteiger partial charge in [-0.1, -0.05) is 24.3 Å². The number of piperidine rings is 1. The first-order chi connectivity index (χ1) is 16.1. The predicted molar refractivity (Wildman–Crippen MR) is 127 cm³/mol. The number of likely N-dealkylation sites (tertiary alicyclic amines) is 1. The van der Waals surface area contributed by atoms with Crippen molar-refractivity contribution in [1.29, 1.82) is 0 Å². The van der Waals surface area contributed by atoms with Crippen LogP contribution < -0.4 is 5.56 Å². The molecule has 34 heavy (non-hydrogen) atoms. The lowest BCUT2D eigenvalue weighted by molar-refractivity contribution is -0.132. The summed E-state index contributed by atoms with van der Waals surface area (Å²) in [5, 5.41) is 14.6. The van der Waals surface area contributed by atoms with E-state index in [9.17, 15) is 19.5 Å². The number of benzene rings is 1. The summed E-state index contributed by atoms with van der Waals surface area (Å²) in [6, 6.07) is 7.13. The molecule has 1 aromatic carbocycles. The molecule has 1 fully saturated rings. The Kier molecular flexibility index (Phi) is 6.65. The molecule has 0 bridgehead atoms.